The van der Waals surface area contributed by atoms with Crippen LogP contribution in [0.3, 0.4) is 0 Å². The van der Waals surface area contributed by atoms with Crippen LogP contribution in [0.25, 0.3) is 0 Å². The summed E-state index contributed by atoms with van der Waals surface area (Å²) >= 11 is 0. The van der Waals surface area contributed by atoms with E-state index in [0.29, 0.717) is 11.8 Å². The van der Waals surface area contributed by atoms with Crippen LogP contribution in [0.15, 0.2) is 36.5 Å². The number of aryl methyl sites for hydroxylation is 1. The largest absolute Gasteiger partial charge is 0.374 e. The topological polar surface area (TPSA) is 24.9 Å². The minimum Gasteiger partial charge on any atom is -0.374 e. The average Bonchev–Trinajstić information content (AvgIpc) is 2.59. The van der Waals surface area contributed by atoms with Crippen molar-refractivity contribution in [1.82, 2.24) is 4.98 Å². The number of hydrogen-bond acceptors (Lipinski definition) is 2. The van der Waals surface area contributed by atoms with E-state index in [9.17, 15) is 0 Å². The third-order valence-corrected chi connectivity index (χ3v) is 5.09. The number of aromatic nitrogens is 1. The zero-order valence-electron chi connectivity index (χ0n) is 17.7. The van der Waals surface area contributed by atoms with Crippen molar-refractivity contribution < 1.29 is 0 Å². The van der Waals surface area contributed by atoms with E-state index in [1.54, 1.807) is 0 Å². The van der Waals surface area contributed by atoms with Gasteiger partial charge in [-0.3, -0.25) is 4.98 Å². The highest BCUT2D eigenvalue weighted by molar-refractivity contribution is 5.61. The van der Waals surface area contributed by atoms with E-state index in [1.165, 1.54) is 35.2 Å². The summed E-state index contributed by atoms with van der Waals surface area (Å²) in [6.07, 6.45) is 5.61. The first-order valence-corrected chi connectivity index (χ1v) is 10.1. The predicted octanol–water partition coefficient (Wildman–Crippen LogP) is 7.02. The van der Waals surface area contributed by atoms with Crippen LogP contribution in [0.2, 0.25) is 0 Å². The molecule has 1 aromatic carbocycles. The normalized spacial score (nSPS) is 12.0. The molecule has 1 heterocycles. The standard InChI is InChI=1S/C24H36N2/c1-8-9-11-19-14-15-22(25-16-19)24(6,7)26-23-20(17(2)3)12-10-13-21(23)18(4)5/h10,12-18,26H,8-9,11H2,1-7H3. The molecule has 142 valence electrons. The van der Waals surface area contributed by atoms with E-state index >= 15 is 0 Å². The Bertz CT molecular complexity index is 670. The molecule has 0 atom stereocenters. The zero-order valence-corrected chi connectivity index (χ0v) is 17.7. The van der Waals surface area contributed by atoms with Crippen molar-refractivity contribution in [3.63, 3.8) is 0 Å². The third kappa shape index (κ3) is 4.87. The molecule has 0 aliphatic rings. The summed E-state index contributed by atoms with van der Waals surface area (Å²) in [5.41, 5.74) is 6.23. The van der Waals surface area contributed by atoms with Crippen molar-refractivity contribution in [3.8, 4) is 0 Å². The second-order valence-electron chi connectivity index (χ2n) is 8.53. The fourth-order valence-corrected chi connectivity index (χ4v) is 3.39. The second-order valence-corrected chi connectivity index (χ2v) is 8.53. The number of rotatable bonds is 8. The molecule has 1 N–H and O–H groups in total. The lowest BCUT2D eigenvalue weighted by molar-refractivity contribution is 0.582. The lowest BCUT2D eigenvalue weighted by Gasteiger charge is -2.31. The van der Waals surface area contributed by atoms with Crippen molar-refractivity contribution in [2.45, 2.75) is 85.1 Å². The Kier molecular flexibility index (Phi) is 6.86. The monoisotopic (exact) mass is 352 g/mol. The van der Waals surface area contributed by atoms with E-state index in [0.717, 1.165) is 12.1 Å². The van der Waals surface area contributed by atoms with Crippen LogP contribution in [-0.4, -0.2) is 4.98 Å². The van der Waals surface area contributed by atoms with Gasteiger partial charge in [-0.15, -0.1) is 0 Å². The number of anilines is 1. The Morgan fingerprint density at radius 2 is 1.58 bits per heavy atom. The summed E-state index contributed by atoms with van der Waals surface area (Å²) < 4.78 is 0. The number of pyridine rings is 1. The van der Waals surface area contributed by atoms with Gasteiger partial charge in [-0.05, 0) is 61.3 Å². The predicted molar refractivity (Wildman–Crippen MR) is 114 cm³/mol. The molecule has 2 rings (SSSR count). The van der Waals surface area contributed by atoms with Gasteiger partial charge in [-0.25, -0.2) is 0 Å². The smallest absolute Gasteiger partial charge is 0.0739 e. The number of unbranched alkanes of at least 4 members (excludes halogenated alkanes) is 1. The molecule has 2 heteroatoms. The van der Waals surface area contributed by atoms with Crippen molar-refractivity contribution in [2.24, 2.45) is 0 Å². The van der Waals surface area contributed by atoms with Crippen LogP contribution in [0, 0.1) is 0 Å². The molecule has 0 amide bonds. The maximum atomic E-state index is 4.79. The van der Waals surface area contributed by atoms with Crippen molar-refractivity contribution in [2.75, 3.05) is 5.32 Å². The fraction of sp³-hybridized carbons (Fsp3) is 0.542. The molecule has 26 heavy (non-hydrogen) atoms. The van der Waals surface area contributed by atoms with Gasteiger partial charge >= 0.3 is 0 Å². The van der Waals surface area contributed by atoms with Gasteiger partial charge in [-0.1, -0.05) is 65.3 Å². The quantitative estimate of drug-likeness (QED) is 0.552. The maximum absolute atomic E-state index is 4.79. The van der Waals surface area contributed by atoms with Gasteiger partial charge in [0.05, 0.1) is 11.2 Å². The van der Waals surface area contributed by atoms with E-state index in [2.05, 4.69) is 84.1 Å². The first-order chi connectivity index (χ1) is 12.3. The summed E-state index contributed by atoms with van der Waals surface area (Å²) in [6.45, 7) is 15.7. The molecule has 2 nitrogen and oxygen atoms in total. The number of hydrogen-bond donors (Lipinski definition) is 1. The second kappa shape index (κ2) is 8.70. The van der Waals surface area contributed by atoms with Crippen molar-refractivity contribution in [3.05, 3.63) is 58.9 Å². The van der Waals surface area contributed by atoms with Crippen LogP contribution in [-0.2, 0) is 12.0 Å². The average molecular weight is 353 g/mol. The molecular formula is C24H36N2. The van der Waals surface area contributed by atoms with Gasteiger partial charge in [0.1, 0.15) is 0 Å². The number of nitrogens with one attached hydrogen (secondary N) is 1. The van der Waals surface area contributed by atoms with Gasteiger partial charge in [0, 0.05) is 11.9 Å². The van der Waals surface area contributed by atoms with E-state index in [1.807, 2.05) is 6.20 Å². The zero-order chi connectivity index (χ0) is 19.3. The first kappa shape index (κ1) is 20.5. The van der Waals surface area contributed by atoms with E-state index in [4.69, 9.17) is 4.98 Å². The summed E-state index contributed by atoms with van der Waals surface area (Å²) in [5, 5.41) is 3.83. The minimum absolute atomic E-state index is 0.224. The molecule has 0 spiro atoms. The van der Waals surface area contributed by atoms with Gasteiger partial charge < -0.3 is 5.32 Å². The molecule has 0 fully saturated rings. The molecule has 0 aliphatic heterocycles. The Morgan fingerprint density at radius 1 is 0.962 bits per heavy atom. The third-order valence-electron chi connectivity index (χ3n) is 5.09. The lowest BCUT2D eigenvalue weighted by Crippen LogP contribution is -2.30. The maximum Gasteiger partial charge on any atom is 0.0739 e. The van der Waals surface area contributed by atoms with Crippen LogP contribution >= 0.6 is 0 Å². The molecule has 0 aliphatic carbocycles. The van der Waals surface area contributed by atoms with Gasteiger partial charge in [0.2, 0.25) is 0 Å². The Morgan fingerprint density at radius 3 is 2.04 bits per heavy atom. The van der Waals surface area contributed by atoms with Crippen LogP contribution < -0.4 is 5.32 Å². The molecule has 0 bridgehead atoms. The summed E-state index contributed by atoms with van der Waals surface area (Å²) in [5.74, 6) is 0.966. The number of para-hydroxylation sites is 1. The summed E-state index contributed by atoms with van der Waals surface area (Å²) in [4.78, 5) is 4.79. The van der Waals surface area contributed by atoms with E-state index < -0.39 is 0 Å². The Hall–Kier alpha value is -1.83. The van der Waals surface area contributed by atoms with Crippen LogP contribution in [0.1, 0.15) is 95.5 Å². The lowest BCUT2D eigenvalue weighted by atomic mass is 9.90. The molecule has 0 saturated heterocycles. The molecule has 1 aromatic heterocycles. The Balaban J connectivity index is 2.34. The Labute approximate surface area is 160 Å². The fourth-order valence-electron chi connectivity index (χ4n) is 3.39. The van der Waals surface area contributed by atoms with Crippen molar-refractivity contribution in [1.29, 1.82) is 0 Å². The molecule has 0 saturated carbocycles. The van der Waals surface area contributed by atoms with Gasteiger partial charge in [-0.2, -0.15) is 0 Å². The molecule has 0 radical (unpaired) electrons. The number of benzene rings is 1. The molecule has 2 aromatic rings. The van der Waals surface area contributed by atoms with Crippen LogP contribution in [0.4, 0.5) is 5.69 Å². The van der Waals surface area contributed by atoms with Gasteiger partial charge in [0.25, 0.3) is 0 Å². The highest BCUT2D eigenvalue weighted by atomic mass is 15.0. The first-order valence-electron chi connectivity index (χ1n) is 10.1. The minimum atomic E-state index is -0.224. The SMILES string of the molecule is CCCCc1ccc(C(C)(C)Nc2c(C(C)C)cccc2C(C)C)nc1. The van der Waals surface area contributed by atoms with E-state index in [-0.39, 0.29) is 5.54 Å². The highest BCUT2D eigenvalue weighted by Crippen LogP contribution is 2.36. The summed E-state index contributed by atoms with van der Waals surface area (Å²) in [6, 6.07) is 11.1. The van der Waals surface area contributed by atoms with Gasteiger partial charge in [0.15, 0.2) is 0 Å². The summed E-state index contributed by atoms with van der Waals surface area (Å²) in [7, 11) is 0. The van der Waals surface area contributed by atoms with Crippen molar-refractivity contribution >= 4 is 5.69 Å². The molecule has 0 unspecified atom stereocenters. The number of nitrogens with zero attached hydrogens (tertiary/aromatic N) is 1. The highest BCUT2D eigenvalue weighted by Gasteiger charge is 2.25. The molecular weight excluding hydrogens is 316 g/mol. The van der Waals surface area contributed by atoms with Crippen LogP contribution in [0.5, 0.6) is 0 Å².